The van der Waals surface area contributed by atoms with Crippen molar-refractivity contribution in [2.75, 3.05) is 5.32 Å². The van der Waals surface area contributed by atoms with Crippen LogP contribution in [-0.4, -0.2) is 33.9 Å². The molecule has 1 heterocycles. The monoisotopic (exact) mass is 355 g/mol. The van der Waals surface area contributed by atoms with Gasteiger partial charge in [0.15, 0.2) is 5.13 Å². The number of thiazole rings is 1. The molecule has 0 saturated heterocycles. The highest BCUT2D eigenvalue weighted by molar-refractivity contribution is 7.13. The number of rotatable bonds is 7. The molecule has 0 fully saturated rings. The van der Waals surface area contributed by atoms with Crippen LogP contribution in [0.3, 0.4) is 0 Å². The number of aromatic nitrogens is 1. The van der Waals surface area contributed by atoms with Gasteiger partial charge in [0.25, 0.3) is 0 Å². The molecule has 0 spiro atoms. The van der Waals surface area contributed by atoms with Crippen molar-refractivity contribution in [3.8, 4) is 0 Å². The van der Waals surface area contributed by atoms with Gasteiger partial charge in [-0.3, -0.25) is 9.59 Å². The fourth-order valence-corrected chi connectivity index (χ4v) is 2.72. The third kappa shape index (κ3) is 7.08. The molecule has 7 nitrogen and oxygen atoms in total. The first kappa shape index (κ1) is 20.1. The molecule has 0 bridgehead atoms. The fraction of sp³-hybridized carbons (Fsp3) is 0.625. The standard InChI is InChI=1S/C16H25N3O4S/c1-9(2)13(14(22)23)18-11(20)6-10-8-24-15(17-10)19-12(21)7-16(3,4)5/h8-9,13H,6-7H2,1-5H3,(H,18,20)(H,22,23)(H,17,19,21). The zero-order chi connectivity index (χ0) is 18.5. The fourth-order valence-electron chi connectivity index (χ4n) is 1.99. The maximum atomic E-state index is 12.0. The minimum absolute atomic E-state index is 0.0257. The molecule has 2 amide bonds. The molecule has 24 heavy (non-hydrogen) atoms. The summed E-state index contributed by atoms with van der Waals surface area (Å²) in [6, 6.07) is -0.929. The van der Waals surface area contributed by atoms with Crippen LogP contribution in [0.15, 0.2) is 5.38 Å². The van der Waals surface area contributed by atoms with Gasteiger partial charge in [0.1, 0.15) is 6.04 Å². The van der Waals surface area contributed by atoms with Gasteiger partial charge in [0.05, 0.1) is 12.1 Å². The van der Waals surface area contributed by atoms with Crippen LogP contribution >= 0.6 is 11.3 Å². The van der Waals surface area contributed by atoms with Crippen LogP contribution < -0.4 is 10.6 Å². The number of carboxylic acid groups (broad SMARTS) is 1. The Bertz CT molecular complexity index is 605. The lowest BCUT2D eigenvalue weighted by atomic mass is 9.92. The average Bonchev–Trinajstić information content (AvgIpc) is 2.79. The summed E-state index contributed by atoms with van der Waals surface area (Å²) in [6.07, 6.45) is 0.346. The molecule has 0 aliphatic rings. The summed E-state index contributed by atoms with van der Waals surface area (Å²) in [5.74, 6) is -1.81. The van der Waals surface area contributed by atoms with E-state index in [0.717, 1.165) is 0 Å². The quantitative estimate of drug-likeness (QED) is 0.695. The third-order valence-electron chi connectivity index (χ3n) is 3.08. The van der Waals surface area contributed by atoms with E-state index >= 15 is 0 Å². The molecular weight excluding hydrogens is 330 g/mol. The highest BCUT2D eigenvalue weighted by Crippen LogP contribution is 2.21. The first-order valence-corrected chi connectivity index (χ1v) is 8.62. The molecule has 0 saturated carbocycles. The van der Waals surface area contributed by atoms with Crippen LogP contribution in [-0.2, 0) is 20.8 Å². The number of hydrogen-bond acceptors (Lipinski definition) is 5. The highest BCUT2D eigenvalue weighted by Gasteiger charge is 2.24. The number of carbonyl (C=O) groups is 3. The summed E-state index contributed by atoms with van der Waals surface area (Å²) in [7, 11) is 0. The summed E-state index contributed by atoms with van der Waals surface area (Å²) in [6.45, 7) is 9.36. The molecular formula is C16H25N3O4S. The van der Waals surface area contributed by atoms with E-state index in [1.807, 2.05) is 20.8 Å². The molecule has 1 unspecified atom stereocenters. The Morgan fingerprint density at radius 2 is 1.88 bits per heavy atom. The second-order valence-corrected chi connectivity index (χ2v) is 8.09. The minimum Gasteiger partial charge on any atom is -0.480 e. The van der Waals surface area contributed by atoms with Gasteiger partial charge in [0, 0.05) is 11.8 Å². The van der Waals surface area contributed by atoms with Crippen LogP contribution in [0.4, 0.5) is 5.13 Å². The predicted molar refractivity (Wildman–Crippen MR) is 92.9 cm³/mol. The number of anilines is 1. The average molecular weight is 355 g/mol. The number of hydrogen-bond donors (Lipinski definition) is 3. The third-order valence-corrected chi connectivity index (χ3v) is 3.89. The molecule has 1 aromatic rings. The van der Waals surface area contributed by atoms with Crippen molar-refractivity contribution < 1.29 is 19.5 Å². The molecule has 1 rings (SSSR count). The summed E-state index contributed by atoms with van der Waals surface area (Å²) in [5.41, 5.74) is 0.378. The Balaban J connectivity index is 2.59. The van der Waals surface area contributed by atoms with Gasteiger partial charge in [-0.2, -0.15) is 0 Å². The van der Waals surface area contributed by atoms with Gasteiger partial charge in [-0.25, -0.2) is 9.78 Å². The van der Waals surface area contributed by atoms with Crippen LogP contribution in [0.5, 0.6) is 0 Å². The van der Waals surface area contributed by atoms with Crippen LogP contribution in [0.1, 0.15) is 46.7 Å². The van der Waals surface area contributed by atoms with E-state index in [2.05, 4.69) is 15.6 Å². The van der Waals surface area contributed by atoms with Crippen molar-refractivity contribution >= 4 is 34.3 Å². The molecule has 1 atom stereocenters. The van der Waals surface area contributed by atoms with E-state index in [1.54, 1.807) is 19.2 Å². The Hall–Kier alpha value is -1.96. The molecule has 0 aromatic carbocycles. The van der Waals surface area contributed by atoms with Crippen molar-refractivity contribution in [2.24, 2.45) is 11.3 Å². The van der Waals surface area contributed by atoms with Crippen LogP contribution in [0.25, 0.3) is 0 Å². The van der Waals surface area contributed by atoms with E-state index in [0.29, 0.717) is 17.2 Å². The number of nitrogens with zero attached hydrogens (tertiary/aromatic N) is 1. The zero-order valence-electron chi connectivity index (χ0n) is 14.7. The van der Waals surface area contributed by atoms with Crippen LogP contribution in [0, 0.1) is 11.3 Å². The van der Waals surface area contributed by atoms with Crippen molar-refractivity contribution in [3.63, 3.8) is 0 Å². The van der Waals surface area contributed by atoms with Gasteiger partial charge >= 0.3 is 5.97 Å². The van der Waals surface area contributed by atoms with E-state index in [4.69, 9.17) is 5.11 Å². The summed E-state index contributed by atoms with van der Waals surface area (Å²) in [5, 5.41) is 16.4. The lowest BCUT2D eigenvalue weighted by Crippen LogP contribution is -2.44. The van der Waals surface area contributed by atoms with Crippen molar-refractivity contribution in [3.05, 3.63) is 11.1 Å². The molecule has 8 heteroatoms. The van der Waals surface area contributed by atoms with Gasteiger partial charge in [-0.15, -0.1) is 11.3 Å². The molecule has 134 valence electrons. The van der Waals surface area contributed by atoms with Gasteiger partial charge < -0.3 is 15.7 Å². The Labute approximate surface area is 145 Å². The van der Waals surface area contributed by atoms with Crippen LogP contribution in [0.2, 0.25) is 0 Å². The molecule has 0 aliphatic heterocycles. The largest absolute Gasteiger partial charge is 0.480 e. The normalized spacial score (nSPS) is 12.8. The van der Waals surface area contributed by atoms with Crippen molar-refractivity contribution in [1.29, 1.82) is 0 Å². The second-order valence-electron chi connectivity index (χ2n) is 7.23. The van der Waals surface area contributed by atoms with E-state index in [1.165, 1.54) is 11.3 Å². The number of nitrogens with one attached hydrogen (secondary N) is 2. The predicted octanol–water partition coefficient (Wildman–Crippen LogP) is 2.29. The van der Waals surface area contributed by atoms with Crippen molar-refractivity contribution in [2.45, 2.75) is 53.5 Å². The van der Waals surface area contributed by atoms with Crippen molar-refractivity contribution in [1.82, 2.24) is 10.3 Å². The number of amides is 2. The van der Waals surface area contributed by atoms with E-state index < -0.39 is 17.9 Å². The number of carbonyl (C=O) groups excluding carboxylic acids is 2. The topological polar surface area (TPSA) is 108 Å². The van der Waals surface area contributed by atoms with E-state index in [9.17, 15) is 14.4 Å². The number of carboxylic acids is 1. The molecule has 3 N–H and O–H groups in total. The smallest absolute Gasteiger partial charge is 0.326 e. The SMILES string of the molecule is CC(C)C(NC(=O)Cc1csc(NC(=O)CC(C)(C)C)n1)C(=O)O. The Morgan fingerprint density at radius 3 is 2.38 bits per heavy atom. The first-order valence-electron chi connectivity index (χ1n) is 7.74. The maximum Gasteiger partial charge on any atom is 0.326 e. The summed E-state index contributed by atoms with van der Waals surface area (Å²) in [4.78, 5) is 39.1. The van der Waals surface area contributed by atoms with Gasteiger partial charge in [0.2, 0.25) is 11.8 Å². The summed E-state index contributed by atoms with van der Waals surface area (Å²) < 4.78 is 0. The lowest BCUT2D eigenvalue weighted by molar-refractivity contribution is -0.143. The summed E-state index contributed by atoms with van der Waals surface area (Å²) >= 11 is 1.24. The Morgan fingerprint density at radius 1 is 1.25 bits per heavy atom. The lowest BCUT2D eigenvalue weighted by Gasteiger charge is -2.17. The first-order chi connectivity index (χ1) is 11.0. The van der Waals surface area contributed by atoms with E-state index in [-0.39, 0.29) is 23.7 Å². The van der Waals surface area contributed by atoms with Gasteiger partial charge in [-0.05, 0) is 11.3 Å². The zero-order valence-corrected chi connectivity index (χ0v) is 15.5. The second kappa shape index (κ2) is 8.23. The molecule has 0 radical (unpaired) electrons. The minimum atomic E-state index is -1.06. The molecule has 0 aliphatic carbocycles. The Kier molecular flexibility index (Phi) is 6.89. The highest BCUT2D eigenvalue weighted by atomic mass is 32.1. The number of aliphatic carboxylic acids is 1. The molecule has 1 aromatic heterocycles. The van der Waals surface area contributed by atoms with Gasteiger partial charge in [-0.1, -0.05) is 34.6 Å². The maximum absolute atomic E-state index is 12.0.